The maximum Gasteiger partial charge on any atom is 0.0436 e. The largest absolute Gasteiger partial charge is 0.396 e. The van der Waals surface area contributed by atoms with Crippen LogP contribution in [0.5, 0.6) is 0 Å². The molecule has 8 heavy (non-hydrogen) atoms. The topological polar surface area (TPSA) is 20.2 Å². The van der Waals surface area contributed by atoms with Gasteiger partial charge in [0.15, 0.2) is 0 Å². The van der Waals surface area contributed by atoms with Crippen LogP contribution in [0.3, 0.4) is 0 Å². The first-order chi connectivity index (χ1) is 3.93. The molecule has 0 radical (unpaired) electrons. The first-order valence-electron chi connectivity index (χ1n) is 3.21. The van der Waals surface area contributed by atoms with E-state index in [1.54, 1.807) is 0 Å². The van der Waals surface area contributed by atoms with Gasteiger partial charge >= 0.3 is 0 Å². The molecule has 0 bridgehead atoms. The van der Waals surface area contributed by atoms with Crippen LogP contribution in [0.25, 0.3) is 0 Å². The molecular formula is C7H12O. The zero-order valence-electron chi connectivity index (χ0n) is 5.01. The van der Waals surface area contributed by atoms with E-state index in [2.05, 4.69) is 12.2 Å². The average molecular weight is 112 g/mol. The smallest absolute Gasteiger partial charge is 0.0436 e. The third kappa shape index (κ3) is 1.34. The Kier molecular flexibility index (Phi) is 2.10. The molecular weight excluding hydrogens is 100 g/mol. The lowest BCUT2D eigenvalue weighted by Gasteiger charge is -2.01. The summed E-state index contributed by atoms with van der Waals surface area (Å²) in [4.78, 5) is 0. The third-order valence-corrected chi connectivity index (χ3v) is 1.61. The molecule has 1 atom stereocenters. The summed E-state index contributed by atoms with van der Waals surface area (Å²) in [6.45, 7) is 0.342. The van der Waals surface area contributed by atoms with Gasteiger partial charge in [0.05, 0.1) is 0 Å². The highest BCUT2D eigenvalue weighted by Gasteiger charge is 2.06. The molecule has 0 spiro atoms. The van der Waals surface area contributed by atoms with E-state index in [1.165, 1.54) is 12.8 Å². The first-order valence-corrected chi connectivity index (χ1v) is 3.21. The molecule has 1 unspecified atom stereocenters. The summed E-state index contributed by atoms with van der Waals surface area (Å²) in [6, 6.07) is 0. The van der Waals surface area contributed by atoms with Gasteiger partial charge in [0, 0.05) is 6.61 Å². The lowest BCUT2D eigenvalue weighted by molar-refractivity contribution is 0.269. The van der Waals surface area contributed by atoms with Crippen molar-refractivity contribution in [1.82, 2.24) is 0 Å². The van der Waals surface area contributed by atoms with Crippen LogP contribution >= 0.6 is 0 Å². The fraction of sp³-hybridized carbons (Fsp3) is 0.714. The van der Waals surface area contributed by atoms with Crippen molar-refractivity contribution in [1.29, 1.82) is 0 Å². The molecule has 0 amide bonds. The van der Waals surface area contributed by atoms with Gasteiger partial charge in [-0.15, -0.1) is 0 Å². The summed E-state index contributed by atoms with van der Waals surface area (Å²) < 4.78 is 0. The maximum absolute atomic E-state index is 8.49. The van der Waals surface area contributed by atoms with E-state index in [0.717, 1.165) is 6.42 Å². The summed E-state index contributed by atoms with van der Waals surface area (Å²) in [5, 5.41) is 8.49. The van der Waals surface area contributed by atoms with Crippen molar-refractivity contribution in [3.63, 3.8) is 0 Å². The molecule has 0 heterocycles. The van der Waals surface area contributed by atoms with Gasteiger partial charge in [-0.2, -0.15) is 0 Å². The van der Waals surface area contributed by atoms with Crippen LogP contribution in [0.4, 0.5) is 0 Å². The van der Waals surface area contributed by atoms with Crippen LogP contribution in [0.1, 0.15) is 19.3 Å². The minimum Gasteiger partial charge on any atom is -0.396 e. The number of allylic oxidation sites excluding steroid dienone is 2. The summed E-state index contributed by atoms with van der Waals surface area (Å²) in [5.41, 5.74) is 0. The number of hydrogen-bond acceptors (Lipinski definition) is 1. The van der Waals surface area contributed by atoms with Crippen LogP contribution in [-0.2, 0) is 0 Å². The third-order valence-electron chi connectivity index (χ3n) is 1.61. The monoisotopic (exact) mass is 112 g/mol. The van der Waals surface area contributed by atoms with Gasteiger partial charge in [-0.1, -0.05) is 12.2 Å². The first kappa shape index (κ1) is 5.83. The second-order valence-electron chi connectivity index (χ2n) is 2.28. The van der Waals surface area contributed by atoms with E-state index < -0.39 is 0 Å². The van der Waals surface area contributed by atoms with E-state index in [4.69, 9.17) is 5.11 Å². The predicted molar refractivity (Wildman–Crippen MR) is 33.6 cm³/mol. The van der Waals surface area contributed by atoms with E-state index in [1.807, 2.05) is 0 Å². The highest BCUT2D eigenvalue weighted by molar-refractivity contribution is 4.95. The van der Waals surface area contributed by atoms with Gasteiger partial charge in [0.1, 0.15) is 0 Å². The van der Waals surface area contributed by atoms with Crippen LogP contribution in [0.15, 0.2) is 12.2 Å². The SMILES string of the molecule is OCCC1C=CCC1. The van der Waals surface area contributed by atoms with Gasteiger partial charge in [0.25, 0.3) is 0 Å². The minimum atomic E-state index is 0.342. The zero-order valence-corrected chi connectivity index (χ0v) is 5.01. The Bertz CT molecular complexity index is 86.4. The molecule has 0 aromatic rings. The highest BCUT2D eigenvalue weighted by atomic mass is 16.3. The highest BCUT2D eigenvalue weighted by Crippen LogP contribution is 2.19. The van der Waals surface area contributed by atoms with Gasteiger partial charge in [-0.25, -0.2) is 0 Å². The summed E-state index contributed by atoms with van der Waals surface area (Å²) in [6.07, 6.45) is 7.82. The molecule has 0 aromatic heterocycles. The molecule has 1 aliphatic carbocycles. The van der Waals surface area contributed by atoms with Gasteiger partial charge in [-0.05, 0) is 25.2 Å². The standard InChI is InChI=1S/C7H12O/c8-6-5-7-3-1-2-4-7/h1,3,7-8H,2,4-6H2. The van der Waals surface area contributed by atoms with Gasteiger partial charge in [-0.3, -0.25) is 0 Å². The summed E-state index contributed by atoms with van der Waals surface area (Å²) >= 11 is 0. The Balaban J connectivity index is 2.16. The maximum atomic E-state index is 8.49. The quantitative estimate of drug-likeness (QED) is 0.534. The van der Waals surface area contributed by atoms with Crippen molar-refractivity contribution in [2.45, 2.75) is 19.3 Å². The Hall–Kier alpha value is -0.300. The fourth-order valence-electron chi connectivity index (χ4n) is 1.10. The summed E-state index contributed by atoms with van der Waals surface area (Å²) in [5.74, 6) is 0.681. The zero-order chi connectivity index (χ0) is 5.82. The van der Waals surface area contributed by atoms with Crippen molar-refractivity contribution < 1.29 is 5.11 Å². The molecule has 46 valence electrons. The molecule has 0 saturated heterocycles. The van der Waals surface area contributed by atoms with E-state index in [9.17, 15) is 0 Å². The lowest BCUT2D eigenvalue weighted by Crippen LogP contribution is -1.94. The summed E-state index contributed by atoms with van der Waals surface area (Å²) in [7, 11) is 0. The van der Waals surface area contributed by atoms with Crippen LogP contribution in [0.2, 0.25) is 0 Å². The second-order valence-corrected chi connectivity index (χ2v) is 2.28. The number of rotatable bonds is 2. The van der Waals surface area contributed by atoms with Crippen LogP contribution < -0.4 is 0 Å². The van der Waals surface area contributed by atoms with Crippen molar-refractivity contribution >= 4 is 0 Å². The molecule has 1 aliphatic rings. The normalized spacial score (nSPS) is 26.9. The van der Waals surface area contributed by atoms with Crippen molar-refractivity contribution in [3.8, 4) is 0 Å². The minimum absolute atomic E-state index is 0.342. The van der Waals surface area contributed by atoms with Crippen molar-refractivity contribution in [2.24, 2.45) is 5.92 Å². The molecule has 1 N–H and O–H groups in total. The molecule has 0 aliphatic heterocycles. The predicted octanol–water partition coefficient (Wildman–Crippen LogP) is 1.33. The lowest BCUT2D eigenvalue weighted by atomic mass is 10.1. The Morgan fingerprint density at radius 2 is 2.50 bits per heavy atom. The second kappa shape index (κ2) is 2.88. The Morgan fingerprint density at radius 3 is 3.00 bits per heavy atom. The van der Waals surface area contributed by atoms with Crippen LogP contribution in [0, 0.1) is 5.92 Å². The number of aliphatic hydroxyl groups is 1. The molecule has 1 heteroatoms. The van der Waals surface area contributed by atoms with E-state index >= 15 is 0 Å². The van der Waals surface area contributed by atoms with Crippen molar-refractivity contribution in [3.05, 3.63) is 12.2 Å². The van der Waals surface area contributed by atoms with Crippen molar-refractivity contribution in [2.75, 3.05) is 6.61 Å². The number of hydrogen-bond donors (Lipinski definition) is 1. The fourth-order valence-corrected chi connectivity index (χ4v) is 1.10. The molecule has 1 rings (SSSR count). The Morgan fingerprint density at radius 1 is 1.62 bits per heavy atom. The van der Waals surface area contributed by atoms with E-state index in [-0.39, 0.29) is 0 Å². The van der Waals surface area contributed by atoms with E-state index in [0.29, 0.717) is 12.5 Å². The average Bonchev–Trinajstić information content (AvgIpc) is 2.19. The van der Waals surface area contributed by atoms with Gasteiger partial charge < -0.3 is 5.11 Å². The molecule has 0 saturated carbocycles. The molecule has 0 aromatic carbocycles. The number of aliphatic hydroxyl groups excluding tert-OH is 1. The van der Waals surface area contributed by atoms with Gasteiger partial charge in [0.2, 0.25) is 0 Å². The van der Waals surface area contributed by atoms with Crippen LogP contribution in [-0.4, -0.2) is 11.7 Å². The molecule has 1 nitrogen and oxygen atoms in total. The Labute approximate surface area is 50.0 Å². The molecule has 0 fully saturated rings.